The van der Waals surface area contributed by atoms with Crippen molar-refractivity contribution in [2.75, 3.05) is 11.4 Å². The number of nitrogens with zero attached hydrogens (tertiary/aromatic N) is 3. The number of hydrogen-bond donors (Lipinski definition) is 1. The highest BCUT2D eigenvalue weighted by Gasteiger charge is 2.24. The fourth-order valence-corrected chi connectivity index (χ4v) is 1.76. The second-order valence-corrected chi connectivity index (χ2v) is 4.39. The molecule has 0 aliphatic rings. The van der Waals surface area contributed by atoms with Crippen molar-refractivity contribution in [3.8, 4) is 0 Å². The Morgan fingerprint density at radius 1 is 1.53 bits per heavy atom. The number of carboxylic acids is 1. The Bertz CT molecular complexity index is 488. The van der Waals surface area contributed by atoms with Crippen LogP contribution in [0.1, 0.15) is 37.7 Å². The van der Waals surface area contributed by atoms with Crippen molar-refractivity contribution >= 4 is 17.5 Å². The lowest BCUT2D eigenvalue weighted by Gasteiger charge is -2.27. The Morgan fingerprint density at radius 3 is 2.58 bits per heavy atom. The van der Waals surface area contributed by atoms with Crippen molar-refractivity contribution in [3.05, 3.63) is 27.9 Å². The summed E-state index contributed by atoms with van der Waals surface area (Å²) < 4.78 is 0. The van der Waals surface area contributed by atoms with Crippen LogP contribution in [-0.4, -0.2) is 33.6 Å². The quantitative estimate of drug-likeness (QED) is 0.627. The van der Waals surface area contributed by atoms with Crippen molar-refractivity contribution in [1.82, 2.24) is 4.98 Å². The lowest BCUT2D eigenvalue weighted by Crippen LogP contribution is -2.33. The molecule has 1 rings (SSSR count). The van der Waals surface area contributed by atoms with Crippen LogP contribution in [-0.2, 0) is 0 Å². The molecule has 19 heavy (non-hydrogen) atoms. The van der Waals surface area contributed by atoms with Crippen LogP contribution in [0.25, 0.3) is 0 Å². The minimum absolute atomic E-state index is 0.00445. The summed E-state index contributed by atoms with van der Waals surface area (Å²) in [6.45, 7) is 6.29. The van der Waals surface area contributed by atoms with Gasteiger partial charge in [0, 0.05) is 18.7 Å². The third-order valence-electron chi connectivity index (χ3n) is 2.63. The third-order valence-corrected chi connectivity index (χ3v) is 2.63. The second kappa shape index (κ2) is 6.12. The van der Waals surface area contributed by atoms with E-state index in [0.717, 1.165) is 12.5 Å². The van der Waals surface area contributed by atoms with Gasteiger partial charge in [-0.15, -0.1) is 0 Å². The van der Waals surface area contributed by atoms with E-state index < -0.39 is 10.9 Å². The normalized spacial score (nSPS) is 10.5. The van der Waals surface area contributed by atoms with E-state index in [0.29, 0.717) is 6.54 Å². The molecular weight excluding hydrogens is 250 g/mol. The molecule has 0 radical (unpaired) electrons. The predicted octanol–water partition coefficient (Wildman–Crippen LogP) is 2.31. The van der Waals surface area contributed by atoms with Gasteiger partial charge in [-0.2, -0.15) is 0 Å². The first-order valence-electron chi connectivity index (χ1n) is 6.03. The Morgan fingerprint density at radius 2 is 2.16 bits per heavy atom. The number of hydrogen-bond acceptors (Lipinski definition) is 5. The summed E-state index contributed by atoms with van der Waals surface area (Å²) in [7, 11) is 0. The fourth-order valence-electron chi connectivity index (χ4n) is 1.76. The lowest BCUT2D eigenvalue weighted by molar-refractivity contribution is -0.384. The summed E-state index contributed by atoms with van der Waals surface area (Å²) in [6, 6.07) is 2.33. The topological polar surface area (TPSA) is 96.6 Å². The molecule has 0 unspecified atom stereocenters. The molecule has 0 saturated heterocycles. The van der Waals surface area contributed by atoms with Gasteiger partial charge in [0.05, 0.1) is 4.92 Å². The maximum atomic E-state index is 11.0. The molecule has 0 bridgehead atoms. The van der Waals surface area contributed by atoms with Gasteiger partial charge in [0.2, 0.25) is 5.82 Å². The summed E-state index contributed by atoms with van der Waals surface area (Å²) >= 11 is 0. The predicted molar refractivity (Wildman–Crippen MR) is 70.6 cm³/mol. The molecule has 1 heterocycles. The first-order chi connectivity index (χ1) is 8.88. The molecule has 7 heteroatoms. The van der Waals surface area contributed by atoms with E-state index in [1.807, 2.05) is 20.8 Å². The van der Waals surface area contributed by atoms with E-state index in [9.17, 15) is 14.9 Å². The zero-order valence-electron chi connectivity index (χ0n) is 11.2. The van der Waals surface area contributed by atoms with Crippen molar-refractivity contribution in [1.29, 1.82) is 0 Å². The van der Waals surface area contributed by atoms with Crippen molar-refractivity contribution < 1.29 is 14.8 Å². The molecule has 0 atom stereocenters. The highest BCUT2D eigenvalue weighted by molar-refractivity contribution is 5.86. The number of anilines is 1. The van der Waals surface area contributed by atoms with Gasteiger partial charge in [-0.25, -0.2) is 9.78 Å². The number of carbonyl (C=O) groups is 1. The van der Waals surface area contributed by atoms with Gasteiger partial charge < -0.3 is 10.0 Å². The maximum Gasteiger partial charge on any atom is 0.354 e. The number of aromatic nitrogens is 1. The third kappa shape index (κ3) is 3.40. The second-order valence-electron chi connectivity index (χ2n) is 4.39. The average molecular weight is 267 g/mol. The van der Waals surface area contributed by atoms with Crippen LogP contribution in [0.3, 0.4) is 0 Å². The Hall–Kier alpha value is -2.18. The molecule has 0 amide bonds. The van der Waals surface area contributed by atoms with E-state index in [-0.39, 0.29) is 23.2 Å². The van der Waals surface area contributed by atoms with Gasteiger partial charge in [-0.05, 0) is 26.3 Å². The van der Waals surface area contributed by atoms with Crippen LogP contribution in [0.5, 0.6) is 0 Å². The monoisotopic (exact) mass is 267 g/mol. The zero-order chi connectivity index (χ0) is 14.6. The Labute approximate surface area is 111 Å². The van der Waals surface area contributed by atoms with Crippen LogP contribution in [0.15, 0.2) is 12.1 Å². The minimum Gasteiger partial charge on any atom is -0.477 e. The molecule has 0 aliphatic carbocycles. The SMILES string of the molecule is CCCN(c1nc(C(=O)O)ccc1[N+](=O)[O-])C(C)C. The van der Waals surface area contributed by atoms with Gasteiger partial charge >= 0.3 is 11.7 Å². The molecule has 1 aromatic heterocycles. The van der Waals surface area contributed by atoms with Crippen molar-refractivity contribution in [2.24, 2.45) is 0 Å². The smallest absolute Gasteiger partial charge is 0.354 e. The molecule has 1 N–H and O–H groups in total. The van der Waals surface area contributed by atoms with Crippen LogP contribution < -0.4 is 4.90 Å². The first-order valence-corrected chi connectivity index (χ1v) is 6.03. The van der Waals surface area contributed by atoms with Gasteiger partial charge in [0.1, 0.15) is 0 Å². The molecule has 0 saturated carbocycles. The number of pyridine rings is 1. The Balaban J connectivity index is 3.37. The van der Waals surface area contributed by atoms with Gasteiger partial charge in [0.25, 0.3) is 0 Å². The molecule has 0 spiro atoms. The van der Waals surface area contributed by atoms with E-state index in [1.165, 1.54) is 6.07 Å². The lowest BCUT2D eigenvalue weighted by atomic mass is 10.2. The summed E-state index contributed by atoms with van der Waals surface area (Å²) in [5.74, 6) is -1.09. The Kier molecular flexibility index (Phi) is 4.80. The largest absolute Gasteiger partial charge is 0.477 e. The van der Waals surface area contributed by atoms with Gasteiger partial charge in [-0.1, -0.05) is 6.92 Å². The molecule has 0 aliphatic heterocycles. The highest BCUT2D eigenvalue weighted by atomic mass is 16.6. The number of aromatic carboxylic acids is 1. The van der Waals surface area contributed by atoms with Crippen LogP contribution >= 0.6 is 0 Å². The minimum atomic E-state index is -1.20. The summed E-state index contributed by atoms with van der Waals surface area (Å²) in [6.07, 6.45) is 0.786. The van der Waals surface area contributed by atoms with Crippen LogP contribution in [0, 0.1) is 10.1 Å². The van der Waals surface area contributed by atoms with E-state index >= 15 is 0 Å². The van der Waals surface area contributed by atoms with E-state index in [4.69, 9.17) is 5.11 Å². The first kappa shape index (κ1) is 14.9. The zero-order valence-corrected chi connectivity index (χ0v) is 11.2. The highest BCUT2D eigenvalue weighted by Crippen LogP contribution is 2.27. The fraction of sp³-hybridized carbons (Fsp3) is 0.500. The average Bonchev–Trinajstić information content (AvgIpc) is 2.34. The maximum absolute atomic E-state index is 11.0. The number of nitro groups is 1. The molecular formula is C12H17N3O4. The van der Waals surface area contributed by atoms with Crippen LogP contribution in [0.4, 0.5) is 11.5 Å². The van der Waals surface area contributed by atoms with Gasteiger partial charge in [0.15, 0.2) is 5.69 Å². The number of rotatable bonds is 6. The summed E-state index contributed by atoms with van der Waals surface area (Å²) in [4.78, 5) is 27.1. The molecule has 0 fully saturated rings. The summed E-state index contributed by atoms with van der Waals surface area (Å²) in [5, 5.41) is 20.0. The van der Waals surface area contributed by atoms with Crippen LogP contribution in [0.2, 0.25) is 0 Å². The van der Waals surface area contributed by atoms with Crippen molar-refractivity contribution in [3.63, 3.8) is 0 Å². The van der Waals surface area contributed by atoms with E-state index in [1.54, 1.807) is 4.90 Å². The van der Waals surface area contributed by atoms with Gasteiger partial charge in [-0.3, -0.25) is 10.1 Å². The van der Waals surface area contributed by atoms with Crippen molar-refractivity contribution in [2.45, 2.75) is 33.2 Å². The molecule has 104 valence electrons. The standard InChI is InChI=1S/C12H17N3O4/c1-4-7-14(8(2)3)11-10(15(18)19)6-5-9(13-11)12(16)17/h5-6,8H,4,7H2,1-3H3,(H,16,17). The number of carboxylic acid groups (broad SMARTS) is 1. The molecule has 7 nitrogen and oxygen atoms in total. The van der Waals surface area contributed by atoms with E-state index in [2.05, 4.69) is 4.98 Å². The summed E-state index contributed by atoms with van der Waals surface area (Å²) in [5.41, 5.74) is -0.366. The molecule has 0 aromatic carbocycles. The molecule has 1 aromatic rings.